The number of aromatic nitrogens is 1. The van der Waals surface area contributed by atoms with E-state index in [-0.39, 0.29) is 22.7 Å². The average Bonchev–Trinajstić information content (AvgIpc) is 3.33. The highest BCUT2D eigenvalue weighted by Crippen LogP contribution is 2.45. The number of aryl methyl sites for hydroxylation is 1. The van der Waals surface area contributed by atoms with Crippen molar-refractivity contribution in [2.45, 2.75) is 12.8 Å². The summed E-state index contributed by atoms with van der Waals surface area (Å²) >= 11 is 1.47. The maximum atomic E-state index is 13.3. The fourth-order valence-corrected chi connectivity index (χ4v) is 4.94. The standard InChI is InChI=1S/C26H22N4O4S/c1-15-29-14-20(35-15)17-11-7-8-12-19(17)30-23(26(32)34-3)22(25(31)33-2)21(18(13-27)24(30)28)16-9-5-4-6-10-16/h4-12,14,21H,28H2,1-3H3. The molecule has 1 aliphatic heterocycles. The molecule has 2 N–H and O–H groups in total. The Bertz CT molecular complexity index is 1400. The van der Waals surface area contributed by atoms with Crippen LogP contribution in [-0.4, -0.2) is 31.1 Å². The molecule has 1 unspecified atom stereocenters. The molecule has 35 heavy (non-hydrogen) atoms. The lowest BCUT2D eigenvalue weighted by atomic mass is 9.80. The molecule has 0 saturated carbocycles. The zero-order valence-corrected chi connectivity index (χ0v) is 20.1. The fraction of sp³-hybridized carbons (Fsp3) is 0.154. The van der Waals surface area contributed by atoms with Gasteiger partial charge in [-0.05, 0) is 18.6 Å². The molecular formula is C26H22N4O4S. The molecule has 8 nitrogen and oxygen atoms in total. The molecule has 0 bridgehead atoms. The number of methoxy groups -OCH3 is 2. The van der Waals surface area contributed by atoms with E-state index in [0.717, 1.165) is 15.4 Å². The van der Waals surface area contributed by atoms with E-state index >= 15 is 0 Å². The minimum absolute atomic E-state index is 0.0168. The molecule has 9 heteroatoms. The SMILES string of the molecule is COC(=O)C1=C(C(=O)OC)N(c2ccccc2-c2cnc(C)s2)C(N)=C(C#N)C1c1ccccc1. The number of allylic oxidation sites excluding steroid dienone is 1. The second-order valence-electron chi connectivity index (χ2n) is 7.60. The van der Waals surface area contributed by atoms with Crippen molar-refractivity contribution in [1.82, 2.24) is 4.98 Å². The van der Waals surface area contributed by atoms with E-state index in [1.54, 1.807) is 42.6 Å². The monoisotopic (exact) mass is 486 g/mol. The van der Waals surface area contributed by atoms with Gasteiger partial charge in [0.25, 0.3) is 0 Å². The summed E-state index contributed by atoms with van der Waals surface area (Å²) in [7, 11) is 2.44. The fourth-order valence-electron chi connectivity index (χ4n) is 4.13. The van der Waals surface area contributed by atoms with Crippen molar-refractivity contribution < 1.29 is 19.1 Å². The van der Waals surface area contributed by atoms with Crippen molar-refractivity contribution in [3.63, 3.8) is 0 Å². The van der Waals surface area contributed by atoms with Gasteiger partial charge < -0.3 is 15.2 Å². The number of nitrogens with two attached hydrogens (primary N) is 1. The lowest BCUT2D eigenvalue weighted by Gasteiger charge is -2.36. The van der Waals surface area contributed by atoms with Crippen LogP contribution in [0.3, 0.4) is 0 Å². The third-order valence-corrected chi connectivity index (χ3v) is 6.59. The van der Waals surface area contributed by atoms with Crippen molar-refractivity contribution in [3.8, 4) is 16.5 Å². The number of hydrogen-bond donors (Lipinski definition) is 1. The number of nitriles is 1. The number of rotatable bonds is 5. The van der Waals surface area contributed by atoms with Crippen LogP contribution in [0.1, 0.15) is 16.5 Å². The number of carbonyl (C=O) groups excluding carboxylic acids is 2. The summed E-state index contributed by atoms with van der Waals surface area (Å²) in [4.78, 5) is 33.0. The number of benzene rings is 2. The Hall–Kier alpha value is -4.42. The third kappa shape index (κ3) is 4.16. The highest BCUT2D eigenvalue weighted by atomic mass is 32.1. The zero-order chi connectivity index (χ0) is 25.1. The van der Waals surface area contributed by atoms with E-state index in [1.165, 1.54) is 30.5 Å². The van der Waals surface area contributed by atoms with E-state index in [1.807, 2.05) is 25.1 Å². The van der Waals surface area contributed by atoms with E-state index in [9.17, 15) is 14.9 Å². The Morgan fingerprint density at radius 2 is 1.71 bits per heavy atom. The number of thiazole rings is 1. The van der Waals surface area contributed by atoms with Gasteiger partial charge in [0, 0.05) is 11.8 Å². The molecule has 1 atom stereocenters. The summed E-state index contributed by atoms with van der Waals surface area (Å²) in [6.45, 7) is 1.89. The summed E-state index contributed by atoms with van der Waals surface area (Å²) in [5, 5.41) is 11.0. The number of anilines is 1. The molecule has 0 spiro atoms. The topological polar surface area (TPSA) is 119 Å². The van der Waals surface area contributed by atoms with Gasteiger partial charge in [-0.1, -0.05) is 48.5 Å². The van der Waals surface area contributed by atoms with Gasteiger partial charge in [-0.25, -0.2) is 14.6 Å². The Morgan fingerprint density at radius 3 is 2.31 bits per heavy atom. The van der Waals surface area contributed by atoms with Crippen molar-refractivity contribution in [2.75, 3.05) is 19.1 Å². The molecule has 2 aromatic carbocycles. The average molecular weight is 487 g/mol. The van der Waals surface area contributed by atoms with Crippen molar-refractivity contribution >= 4 is 29.0 Å². The van der Waals surface area contributed by atoms with Gasteiger partial charge in [-0.15, -0.1) is 11.3 Å². The third-order valence-electron chi connectivity index (χ3n) is 5.64. The molecule has 0 radical (unpaired) electrons. The maximum Gasteiger partial charge on any atom is 0.355 e. The minimum Gasteiger partial charge on any atom is -0.466 e. The smallest absolute Gasteiger partial charge is 0.355 e. The maximum absolute atomic E-state index is 13.3. The molecule has 0 saturated heterocycles. The van der Waals surface area contributed by atoms with Crippen LogP contribution in [0.4, 0.5) is 5.69 Å². The molecule has 0 aliphatic carbocycles. The van der Waals surface area contributed by atoms with Gasteiger partial charge in [0.15, 0.2) is 0 Å². The number of carbonyl (C=O) groups is 2. The van der Waals surface area contributed by atoms with Crippen LogP contribution in [0.2, 0.25) is 0 Å². The van der Waals surface area contributed by atoms with Crippen LogP contribution in [0.25, 0.3) is 10.4 Å². The molecule has 0 amide bonds. The lowest BCUT2D eigenvalue weighted by molar-refractivity contribution is -0.139. The van der Waals surface area contributed by atoms with Crippen LogP contribution < -0.4 is 10.6 Å². The first-order valence-corrected chi connectivity index (χ1v) is 11.4. The molecule has 176 valence electrons. The summed E-state index contributed by atoms with van der Waals surface area (Å²) in [5.41, 5.74) is 8.40. The first-order chi connectivity index (χ1) is 16.9. The van der Waals surface area contributed by atoms with Gasteiger partial charge >= 0.3 is 11.9 Å². The molecule has 0 fully saturated rings. The summed E-state index contributed by atoms with van der Waals surface area (Å²) in [5.74, 6) is -2.46. The summed E-state index contributed by atoms with van der Waals surface area (Å²) in [6, 6.07) is 18.3. The van der Waals surface area contributed by atoms with Crippen molar-refractivity contribution in [3.05, 3.63) is 94.0 Å². The number of esters is 2. The predicted molar refractivity (Wildman–Crippen MR) is 132 cm³/mol. The molecular weight excluding hydrogens is 464 g/mol. The van der Waals surface area contributed by atoms with Crippen LogP contribution in [0.5, 0.6) is 0 Å². The van der Waals surface area contributed by atoms with Gasteiger partial charge in [0.2, 0.25) is 0 Å². The lowest BCUT2D eigenvalue weighted by Crippen LogP contribution is -2.41. The summed E-state index contributed by atoms with van der Waals surface area (Å²) in [6.07, 6.45) is 1.73. The Labute approximate surface area is 206 Å². The van der Waals surface area contributed by atoms with Gasteiger partial charge in [0.05, 0.1) is 52.9 Å². The second-order valence-corrected chi connectivity index (χ2v) is 8.83. The number of nitrogens with zero attached hydrogens (tertiary/aromatic N) is 3. The van der Waals surface area contributed by atoms with Crippen molar-refractivity contribution in [1.29, 1.82) is 5.26 Å². The normalized spacial score (nSPS) is 15.6. The van der Waals surface area contributed by atoms with Crippen LogP contribution >= 0.6 is 11.3 Å². The van der Waals surface area contributed by atoms with Gasteiger partial charge in [-0.2, -0.15) is 5.26 Å². The Morgan fingerprint density at radius 1 is 1.06 bits per heavy atom. The zero-order valence-electron chi connectivity index (χ0n) is 19.3. The molecule has 1 aliphatic rings. The Kier molecular flexibility index (Phi) is 6.66. The van der Waals surface area contributed by atoms with Crippen LogP contribution in [0, 0.1) is 18.3 Å². The second kappa shape index (κ2) is 9.83. The highest BCUT2D eigenvalue weighted by molar-refractivity contribution is 7.15. The quantitative estimate of drug-likeness (QED) is 0.537. The molecule has 4 rings (SSSR count). The number of ether oxygens (including phenoxy) is 2. The van der Waals surface area contributed by atoms with E-state index in [0.29, 0.717) is 11.3 Å². The van der Waals surface area contributed by atoms with Gasteiger partial charge in [0.1, 0.15) is 11.5 Å². The van der Waals surface area contributed by atoms with Gasteiger partial charge in [-0.3, -0.25) is 4.90 Å². The van der Waals surface area contributed by atoms with Crippen molar-refractivity contribution in [2.24, 2.45) is 5.73 Å². The van der Waals surface area contributed by atoms with Crippen LogP contribution in [-0.2, 0) is 19.1 Å². The summed E-state index contributed by atoms with van der Waals surface area (Å²) < 4.78 is 10.2. The molecule has 3 aromatic rings. The number of para-hydroxylation sites is 1. The first kappa shape index (κ1) is 23.7. The molecule has 2 heterocycles. The van der Waals surface area contributed by atoms with E-state index < -0.39 is 17.9 Å². The highest BCUT2D eigenvalue weighted by Gasteiger charge is 2.43. The Balaban J connectivity index is 2.09. The molecule has 1 aromatic heterocycles. The van der Waals surface area contributed by atoms with Crippen LogP contribution in [0.15, 0.2) is 83.5 Å². The van der Waals surface area contributed by atoms with E-state index in [4.69, 9.17) is 15.2 Å². The first-order valence-electron chi connectivity index (χ1n) is 10.6. The van der Waals surface area contributed by atoms with E-state index in [2.05, 4.69) is 11.1 Å². The number of hydrogen-bond acceptors (Lipinski definition) is 9. The minimum atomic E-state index is -0.920. The predicted octanol–water partition coefficient (Wildman–Crippen LogP) is 4.02. The largest absolute Gasteiger partial charge is 0.466 e.